The van der Waals surface area contributed by atoms with E-state index in [4.69, 9.17) is 9.47 Å². The molecule has 3 unspecified atom stereocenters. The molecule has 0 radical (unpaired) electrons. The highest BCUT2D eigenvalue weighted by molar-refractivity contribution is 4.66. The van der Waals surface area contributed by atoms with E-state index in [0.717, 1.165) is 32.7 Å². The van der Waals surface area contributed by atoms with E-state index in [0.29, 0.717) is 18.1 Å². The maximum atomic E-state index is 5.78. The van der Waals surface area contributed by atoms with Crippen LogP contribution in [-0.4, -0.2) is 39.0 Å². The SMILES string of the molecule is CNC(C)CC(C)OCC1CCOC1. The van der Waals surface area contributed by atoms with E-state index in [2.05, 4.69) is 19.2 Å². The van der Waals surface area contributed by atoms with Gasteiger partial charge in [0.1, 0.15) is 0 Å². The van der Waals surface area contributed by atoms with Crippen molar-refractivity contribution in [2.75, 3.05) is 26.9 Å². The summed E-state index contributed by atoms with van der Waals surface area (Å²) >= 11 is 0. The fourth-order valence-corrected chi connectivity index (χ4v) is 1.70. The third-order valence-corrected chi connectivity index (χ3v) is 2.82. The predicted molar refractivity (Wildman–Crippen MR) is 57.5 cm³/mol. The van der Waals surface area contributed by atoms with Crippen LogP contribution in [-0.2, 0) is 9.47 Å². The van der Waals surface area contributed by atoms with Gasteiger partial charge in [-0.25, -0.2) is 0 Å². The van der Waals surface area contributed by atoms with Crippen molar-refractivity contribution in [1.82, 2.24) is 5.32 Å². The van der Waals surface area contributed by atoms with Gasteiger partial charge in [0, 0.05) is 18.6 Å². The molecule has 84 valence electrons. The zero-order valence-corrected chi connectivity index (χ0v) is 9.58. The molecule has 3 atom stereocenters. The summed E-state index contributed by atoms with van der Waals surface area (Å²) in [7, 11) is 1.99. The first kappa shape index (κ1) is 12.0. The Morgan fingerprint density at radius 1 is 1.50 bits per heavy atom. The quantitative estimate of drug-likeness (QED) is 0.705. The van der Waals surface area contributed by atoms with Crippen LogP contribution in [0.25, 0.3) is 0 Å². The molecule has 1 N–H and O–H groups in total. The maximum absolute atomic E-state index is 5.78. The van der Waals surface area contributed by atoms with Crippen LogP contribution < -0.4 is 5.32 Å². The molecule has 0 aliphatic carbocycles. The second kappa shape index (κ2) is 6.38. The van der Waals surface area contributed by atoms with Crippen LogP contribution in [0.15, 0.2) is 0 Å². The smallest absolute Gasteiger partial charge is 0.0561 e. The minimum absolute atomic E-state index is 0.345. The lowest BCUT2D eigenvalue weighted by molar-refractivity contribution is 0.0280. The zero-order valence-electron chi connectivity index (χ0n) is 9.58. The number of nitrogens with one attached hydrogen (secondary N) is 1. The molecule has 1 rings (SSSR count). The lowest BCUT2D eigenvalue weighted by atomic mass is 10.1. The molecule has 1 fully saturated rings. The number of ether oxygens (including phenoxy) is 2. The molecule has 1 heterocycles. The van der Waals surface area contributed by atoms with Crippen LogP contribution in [0.5, 0.6) is 0 Å². The molecule has 0 aromatic heterocycles. The number of hydrogen-bond donors (Lipinski definition) is 1. The van der Waals surface area contributed by atoms with Crippen LogP contribution in [0.1, 0.15) is 26.7 Å². The van der Waals surface area contributed by atoms with Crippen molar-refractivity contribution in [3.63, 3.8) is 0 Å². The van der Waals surface area contributed by atoms with Gasteiger partial charge in [-0.1, -0.05) is 0 Å². The van der Waals surface area contributed by atoms with Gasteiger partial charge in [-0.3, -0.25) is 0 Å². The van der Waals surface area contributed by atoms with Crippen molar-refractivity contribution >= 4 is 0 Å². The van der Waals surface area contributed by atoms with Gasteiger partial charge in [0.05, 0.1) is 19.3 Å². The van der Waals surface area contributed by atoms with Gasteiger partial charge in [0.2, 0.25) is 0 Å². The predicted octanol–water partition coefficient (Wildman–Crippen LogP) is 1.43. The van der Waals surface area contributed by atoms with E-state index in [-0.39, 0.29) is 0 Å². The Kier molecular flexibility index (Phi) is 5.45. The Morgan fingerprint density at radius 2 is 2.29 bits per heavy atom. The Morgan fingerprint density at radius 3 is 2.86 bits per heavy atom. The van der Waals surface area contributed by atoms with Crippen LogP contribution in [0.3, 0.4) is 0 Å². The zero-order chi connectivity index (χ0) is 10.4. The van der Waals surface area contributed by atoms with Crippen molar-refractivity contribution in [3.05, 3.63) is 0 Å². The van der Waals surface area contributed by atoms with E-state index in [1.54, 1.807) is 0 Å². The number of rotatable bonds is 6. The van der Waals surface area contributed by atoms with Crippen molar-refractivity contribution in [2.45, 2.75) is 38.8 Å². The Labute approximate surface area is 87.2 Å². The average Bonchev–Trinajstić information content (AvgIpc) is 2.67. The Balaban J connectivity index is 2.04. The second-order valence-corrected chi connectivity index (χ2v) is 4.30. The van der Waals surface area contributed by atoms with Crippen LogP contribution in [0.2, 0.25) is 0 Å². The summed E-state index contributed by atoms with van der Waals surface area (Å²) in [4.78, 5) is 0. The van der Waals surface area contributed by atoms with Gasteiger partial charge in [-0.05, 0) is 33.7 Å². The van der Waals surface area contributed by atoms with E-state index in [1.165, 1.54) is 0 Å². The molecule has 0 bridgehead atoms. The molecular formula is C11H23NO2. The first-order chi connectivity index (χ1) is 6.72. The maximum Gasteiger partial charge on any atom is 0.0561 e. The van der Waals surface area contributed by atoms with E-state index < -0.39 is 0 Å². The molecule has 0 aromatic rings. The summed E-state index contributed by atoms with van der Waals surface area (Å²) in [5, 5.41) is 3.22. The Hall–Kier alpha value is -0.120. The molecule has 0 saturated carbocycles. The molecular weight excluding hydrogens is 178 g/mol. The molecule has 3 heteroatoms. The largest absolute Gasteiger partial charge is 0.381 e. The lowest BCUT2D eigenvalue weighted by Crippen LogP contribution is -2.27. The molecule has 1 saturated heterocycles. The van der Waals surface area contributed by atoms with Crippen LogP contribution in [0.4, 0.5) is 0 Å². The summed E-state index contributed by atoms with van der Waals surface area (Å²) in [5.41, 5.74) is 0. The molecule has 0 amide bonds. The lowest BCUT2D eigenvalue weighted by Gasteiger charge is -2.19. The molecule has 14 heavy (non-hydrogen) atoms. The fraction of sp³-hybridized carbons (Fsp3) is 1.00. The molecule has 1 aliphatic rings. The third-order valence-electron chi connectivity index (χ3n) is 2.82. The summed E-state index contributed by atoms with van der Waals surface area (Å²) in [6.07, 6.45) is 2.58. The topological polar surface area (TPSA) is 30.5 Å². The van der Waals surface area contributed by atoms with E-state index in [9.17, 15) is 0 Å². The van der Waals surface area contributed by atoms with Gasteiger partial charge in [-0.2, -0.15) is 0 Å². The van der Waals surface area contributed by atoms with Gasteiger partial charge in [-0.15, -0.1) is 0 Å². The van der Waals surface area contributed by atoms with Crippen molar-refractivity contribution in [1.29, 1.82) is 0 Å². The first-order valence-corrected chi connectivity index (χ1v) is 5.59. The summed E-state index contributed by atoms with van der Waals surface area (Å²) in [6.45, 7) is 6.98. The monoisotopic (exact) mass is 201 g/mol. The second-order valence-electron chi connectivity index (χ2n) is 4.30. The van der Waals surface area contributed by atoms with Crippen LogP contribution >= 0.6 is 0 Å². The summed E-state index contributed by atoms with van der Waals surface area (Å²) in [6, 6.07) is 0.532. The van der Waals surface area contributed by atoms with Gasteiger partial charge < -0.3 is 14.8 Å². The van der Waals surface area contributed by atoms with E-state index in [1.807, 2.05) is 7.05 Å². The van der Waals surface area contributed by atoms with Gasteiger partial charge >= 0.3 is 0 Å². The van der Waals surface area contributed by atoms with Crippen molar-refractivity contribution < 1.29 is 9.47 Å². The molecule has 0 spiro atoms. The molecule has 1 aliphatic heterocycles. The van der Waals surface area contributed by atoms with Crippen molar-refractivity contribution in [3.8, 4) is 0 Å². The third kappa shape index (κ3) is 4.40. The Bertz CT molecular complexity index is 146. The van der Waals surface area contributed by atoms with E-state index >= 15 is 0 Å². The van der Waals surface area contributed by atoms with Crippen molar-refractivity contribution in [2.24, 2.45) is 5.92 Å². The minimum atomic E-state index is 0.345. The summed E-state index contributed by atoms with van der Waals surface area (Å²) < 4.78 is 11.1. The molecule has 0 aromatic carbocycles. The standard InChI is InChI=1S/C11H23NO2/c1-9(12-3)6-10(2)14-8-11-4-5-13-7-11/h9-12H,4-8H2,1-3H3. The highest BCUT2D eigenvalue weighted by atomic mass is 16.5. The highest BCUT2D eigenvalue weighted by Crippen LogP contribution is 2.14. The number of hydrogen-bond acceptors (Lipinski definition) is 3. The van der Waals surface area contributed by atoms with Gasteiger partial charge in [0.15, 0.2) is 0 Å². The van der Waals surface area contributed by atoms with Gasteiger partial charge in [0.25, 0.3) is 0 Å². The van der Waals surface area contributed by atoms with Crippen LogP contribution in [0, 0.1) is 5.92 Å². The fourth-order valence-electron chi connectivity index (χ4n) is 1.70. The molecule has 3 nitrogen and oxygen atoms in total. The normalized spacial score (nSPS) is 26.4. The first-order valence-electron chi connectivity index (χ1n) is 5.59. The summed E-state index contributed by atoms with van der Waals surface area (Å²) in [5.74, 6) is 0.627. The highest BCUT2D eigenvalue weighted by Gasteiger charge is 2.17. The average molecular weight is 201 g/mol. The minimum Gasteiger partial charge on any atom is -0.381 e.